The summed E-state index contributed by atoms with van der Waals surface area (Å²) in [5, 5.41) is 0. The van der Waals surface area contributed by atoms with Crippen LogP contribution < -0.4 is 0 Å². The Morgan fingerprint density at radius 1 is 1.50 bits per heavy atom. The van der Waals surface area contributed by atoms with E-state index in [0.717, 1.165) is 6.42 Å². The van der Waals surface area contributed by atoms with Gasteiger partial charge in [-0.1, -0.05) is 6.92 Å². The maximum Gasteiger partial charge on any atom is 0.508 e. The van der Waals surface area contributed by atoms with Crippen molar-refractivity contribution in [2.75, 3.05) is 6.61 Å². The maximum atomic E-state index is 10.6. The van der Waals surface area contributed by atoms with Crippen LogP contribution >= 0.6 is 0 Å². The molecule has 3 nitrogen and oxygen atoms in total. The molecule has 1 unspecified atom stereocenters. The van der Waals surface area contributed by atoms with Gasteiger partial charge in [-0.15, -0.1) is 0 Å². The second-order valence-electron chi connectivity index (χ2n) is 2.02. The molecule has 0 bridgehead atoms. The van der Waals surface area contributed by atoms with E-state index >= 15 is 0 Å². The van der Waals surface area contributed by atoms with Crippen LogP contribution in [-0.4, -0.2) is 18.9 Å². The highest BCUT2D eigenvalue weighted by molar-refractivity contribution is 5.59. The van der Waals surface area contributed by atoms with Crippen LogP contribution in [0.1, 0.15) is 27.2 Å². The minimum absolute atomic E-state index is 0.0425. The number of rotatable bonds is 3. The molecule has 0 aromatic rings. The van der Waals surface area contributed by atoms with Crippen molar-refractivity contribution in [2.24, 2.45) is 0 Å². The molecule has 0 spiro atoms. The first kappa shape index (κ1) is 9.27. The van der Waals surface area contributed by atoms with Gasteiger partial charge in [-0.3, -0.25) is 0 Å². The third-order valence-electron chi connectivity index (χ3n) is 1.13. The van der Waals surface area contributed by atoms with Crippen molar-refractivity contribution >= 4 is 6.16 Å². The van der Waals surface area contributed by atoms with E-state index in [-0.39, 0.29) is 6.10 Å². The molecule has 0 aliphatic rings. The highest BCUT2D eigenvalue weighted by Crippen LogP contribution is 1.97. The van der Waals surface area contributed by atoms with Crippen LogP contribution in [0.5, 0.6) is 0 Å². The molecular formula is C7H14O3. The highest BCUT2D eigenvalue weighted by Gasteiger charge is 2.06. The van der Waals surface area contributed by atoms with E-state index in [1.54, 1.807) is 6.92 Å². The standard InChI is InChI=1S/C7H14O3/c1-4-6(3)10-7(8)9-5-2/h6H,4-5H2,1-3H3. The number of hydrogen-bond acceptors (Lipinski definition) is 3. The van der Waals surface area contributed by atoms with Crippen molar-refractivity contribution in [3.8, 4) is 0 Å². The van der Waals surface area contributed by atoms with E-state index in [9.17, 15) is 4.79 Å². The quantitative estimate of drug-likeness (QED) is 0.571. The van der Waals surface area contributed by atoms with E-state index in [1.807, 2.05) is 13.8 Å². The van der Waals surface area contributed by atoms with Crippen LogP contribution in [0, 0.1) is 0 Å². The molecule has 0 N–H and O–H groups in total. The first-order valence-corrected chi connectivity index (χ1v) is 3.54. The molecule has 0 fully saturated rings. The molecule has 0 aromatic heterocycles. The van der Waals surface area contributed by atoms with Gasteiger partial charge in [-0.25, -0.2) is 4.79 Å². The van der Waals surface area contributed by atoms with Gasteiger partial charge in [0.2, 0.25) is 0 Å². The average molecular weight is 146 g/mol. The summed E-state index contributed by atoms with van der Waals surface area (Å²) < 4.78 is 9.33. The number of ether oxygens (including phenoxy) is 2. The smallest absolute Gasteiger partial charge is 0.435 e. The number of carbonyl (C=O) groups excluding carboxylic acids is 1. The first-order valence-electron chi connectivity index (χ1n) is 3.54. The molecule has 10 heavy (non-hydrogen) atoms. The molecule has 0 radical (unpaired) electrons. The Hall–Kier alpha value is -0.730. The number of hydrogen-bond donors (Lipinski definition) is 0. The van der Waals surface area contributed by atoms with Crippen LogP contribution in [0.25, 0.3) is 0 Å². The average Bonchev–Trinajstić information content (AvgIpc) is 1.88. The summed E-state index contributed by atoms with van der Waals surface area (Å²) in [5.74, 6) is 0. The van der Waals surface area contributed by atoms with Gasteiger partial charge in [0.25, 0.3) is 0 Å². The Balaban J connectivity index is 3.37. The largest absolute Gasteiger partial charge is 0.508 e. The van der Waals surface area contributed by atoms with Gasteiger partial charge in [-0.05, 0) is 20.3 Å². The lowest BCUT2D eigenvalue weighted by atomic mass is 10.3. The summed E-state index contributed by atoms with van der Waals surface area (Å²) >= 11 is 0. The SMILES string of the molecule is CCOC(=O)OC(C)CC. The molecule has 0 rings (SSSR count). The molecule has 0 heterocycles. The Bertz CT molecular complexity index is 101. The molecule has 0 aromatic carbocycles. The van der Waals surface area contributed by atoms with Gasteiger partial charge in [0.1, 0.15) is 6.10 Å². The predicted molar refractivity (Wildman–Crippen MR) is 37.9 cm³/mol. The van der Waals surface area contributed by atoms with Gasteiger partial charge in [0.15, 0.2) is 0 Å². The fraction of sp³-hybridized carbons (Fsp3) is 0.857. The van der Waals surface area contributed by atoms with E-state index < -0.39 is 6.16 Å². The normalized spacial score (nSPS) is 12.3. The lowest BCUT2D eigenvalue weighted by Crippen LogP contribution is -2.14. The fourth-order valence-corrected chi connectivity index (χ4v) is 0.399. The molecule has 0 saturated heterocycles. The second kappa shape index (κ2) is 5.09. The lowest BCUT2D eigenvalue weighted by molar-refractivity contribution is 0.0312. The molecular weight excluding hydrogens is 132 g/mol. The van der Waals surface area contributed by atoms with Crippen LogP contribution in [0.3, 0.4) is 0 Å². The number of carbonyl (C=O) groups is 1. The first-order chi connectivity index (χ1) is 4.70. The van der Waals surface area contributed by atoms with E-state index in [0.29, 0.717) is 6.61 Å². The zero-order valence-electron chi connectivity index (χ0n) is 6.72. The van der Waals surface area contributed by atoms with Crippen LogP contribution in [-0.2, 0) is 9.47 Å². The second-order valence-corrected chi connectivity index (χ2v) is 2.02. The summed E-state index contributed by atoms with van der Waals surface area (Å²) in [6.07, 6.45) is 0.203. The monoisotopic (exact) mass is 146 g/mol. The van der Waals surface area contributed by atoms with Crippen molar-refractivity contribution < 1.29 is 14.3 Å². The lowest BCUT2D eigenvalue weighted by Gasteiger charge is -2.09. The van der Waals surface area contributed by atoms with Crippen LogP contribution in [0.4, 0.5) is 4.79 Å². The van der Waals surface area contributed by atoms with E-state index in [2.05, 4.69) is 4.74 Å². The van der Waals surface area contributed by atoms with Crippen LogP contribution in [0.15, 0.2) is 0 Å². The molecule has 0 amide bonds. The Morgan fingerprint density at radius 3 is 2.50 bits per heavy atom. The van der Waals surface area contributed by atoms with Gasteiger partial charge < -0.3 is 9.47 Å². The predicted octanol–water partition coefficient (Wildman–Crippen LogP) is 1.96. The van der Waals surface area contributed by atoms with Crippen molar-refractivity contribution in [2.45, 2.75) is 33.3 Å². The molecule has 3 heteroatoms. The molecule has 0 aliphatic heterocycles. The minimum Gasteiger partial charge on any atom is -0.435 e. The third-order valence-corrected chi connectivity index (χ3v) is 1.13. The van der Waals surface area contributed by atoms with Crippen LogP contribution in [0.2, 0.25) is 0 Å². The van der Waals surface area contributed by atoms with Gasteiger partial charge >= 0.3 is 6.16 Å². The third kappa shape index (κ3) is 4.18. The van der Waals surface area contributed by atoms with Crippen molar-refractivity contribution in [1.82, 2.24) is 0 Å². The van der Waals surface area contributed by atoms with Crippen molar-refractivity contribution in [1.29, 1.82) is 0 Å². The zero-order valence-corrected chi connectivity index (χ0v) is 6.72. The molecule has 0 saturated carbocycles. The molecule has 60 valence electrons. The Kier molecular flexibility index (Phi) is 4.72. The molecule has 1 atom stereocenters. The molecule has 0 aliphatic carbocycles. The topological polar surface area (TPSA) is 35.5 Å². The zero-order chi connectivity index (χ0) is 7.98. The summed E-state index contributed by atoms with van der Waals surface area (Å²) in [6, 6.07) is 0. The highest BCUT2D eigenvalue weighted by atomic mass is 16.7. The van der Waals surface area contributed by atoms with Gasteiger partial charge in [0.05, 0.1) is 6.61 Å². The van der Waals surface area contributed by atoms with Crippen molar-refractivity contribution in [3.05, 3.63) is 0 Å². The fourth-order valence-electron chi connectivity index (χ4n) is 0.399. The van der Waals surface area contributed by atoms with Gasteiger partial charge in [-0.2, -0.15) is 0 Å². The summed E-state index contributed by atoms with van der Waals surface area (Å²) in [6.45, 7) is 5.90. The Labute approximate surface area is 61.3 Å². The summed E-state index contributed by atoms with van der Waals surface area (Å²) in [7, 11) is 0. The van der Waals surface area contributed by atoms with Crippen molar-refractivity contribution in [3.63, 3.8) is 0 Å². The maximum absolute atomic E-state index is 10.6. The van der Waals surface area contributed by atoms with E-state index in [1.165, 1.54) is 0 Å². The minimum atomic E-state index is -0.572. The summed E-state index contributed by atoms with van der Waals surface area (Å²) in [5.41, 5.74) is 0. The summed E-state index contributed by atoms with van der Waals surface area (Å²) in [4.78, 5) is 10.6. The van der Waals surface area contributed by atoms with Gasteiger partial charge in [0, 0.05) is 0 Å². The Morgan fingerprint density at radius 2 is 2.10 bits per heavy atom. The van der Waals surface area contributed by atoms with E-state index in [4.69, 9.17) is 4.74 Å².